The highest BCUT2D eigenvalue weighted by molar-refractivity contribution is 14.0. The molecule has 1 aromatic carbocycles. The molecule has 0 aliphatic carbocycles. The van der Waals surface area contributed by atoms with Gasteiger partial charge < -0.3 is 24.8 Å². The zero-order valence-corrected chi connectivity index (χ0v) is 21.9. The van der Waals surface area contributed by atoms with E-state index < -0.39 is 0 Å². The van der Waals surface area contributed by atoms with Crippen LogP contribution in [0.3, 0.4) is 0 Å². The molecule has 0 amide bonds. The van der Waals surface area contributed by atoms with Crippen molar-refractivity contribution in [1.29, 1.82) is 0 Å². The Balaban J connectivity index is 0.00000480. The molecule has 2 N–H and O–H groups in total. The van der Waals surface area contributed by atoms with Gasteiger partial charge >= 0.3 is 0 Å². The Bertz CT molecular complexity index is 607. The highest BCUT2D eigenvalue weighted by atomic mass is 127. The maximum atomic E-state index is 5.77. The Labute approximate surface area is 205 Å². The van der Waals surface area contributed by atoms with Crippen LogP contribution >= 0.6 is 24.0 Å². The number of aliphatic imine (C=N–C) groups is 1. The van der Waals surface area contributed by atoms with Crippen molar-refractivity contribution in [3.8, 4) is 5.75 Å². The van der Waals surface area contributed by atoms with E-state index in [1.807, 2.05) is 31.3 Å². The number of hydrogen-bond donors (Lipinski definition) is 2. The summed E-state index contributed by atoms with van der Waals surface area (Å²) in [5.74, 6) is 2.38. The molecule has 1 aliphatic rings. The molecule has 8 heteroatoms. The molecule has 178 valence electrons. The zero-order valence-electron chi connectivity index (χ0n) is 19.6. The topological polar surface area (TPSA) is 67.4 Å². The molecule has 0 aromatic heterocycles. The number of guanidine groups is 1. The first kappa shape index (κ1) is 27.9. The Morgan fingerprint density at radius 3 is 2.48 bits per heavy atom. The van der Waals surface area contributed by atoms with Crippen molar-refractivity contribution in [2.45, 2.75) is 39.3 Å². The standard InChI is InChI=1S/C23H40N4O3.HI/c1-19(2)16-21(27-11-14-29-15-12-27)17-26-23(24-3)25-10-5-13-30-18-20-6-8-22(28-4)9-7-20;/h6-9,19,21H,5,10-18H2,1-4H3,(H2,24,25,26);1H. The van der Waals surface area contributed by atoms with Crippen LogP contribution in [-0.2, 0) is 16.1 Å². The first-order valence-electron chi connectivity index (χ1n) is 11.1. The number of halogens is 1. The van der Waals surface area contributed by atoms with Crippen molar-refractivity contribution in [2.24, 2.45) is 10.9 Å². The van der Waals surface area contributed by atoms with E-state index in [9.17, 15) is 0 Å². The van der Waals surface area contributed by atoms with E-state index >= 15 is 0 Å². The van der Waals surface area contributed by atoms with Gasteiger partial charge in [0.25, 0.3) is 0 Å². The molecule has 0 spiro atoms. The predicted molar refractivity (Wildman–Crippen MR) is 138 cm³/mol. The maximum Gasteiger partial charge on any atom is 0.191 e. The highest BCUT2D eigenvalue weighted by Crippen LogP contribution is 2.13. The number of nitrogens with zero attached hydrogens (tertiary/aromatic N) is 2. The van der Waals surface area contributed by atoms with Crippen molar-refractivity contribution >= 4 is 29.9 Å². The van der Waals surface area contributed by atoms with E-state index in [-0.39, 0.29) is 24.0 Å². The van der Waals surface area contributed by atoms with Crippen LogP contribution in [0, 0.1) is 5.92 Å². The lowest BCUT2D eigenvalue weighted by molar-refractivity contribution is 0.0132. The summed E-state index contributed by atoms with van der Waals surface area (Å²) in [4.78, 5) is 6.90. The monoisotopic (exact) mass is 548 g/mol. The Morgan fingerprint density at radius 2 is 1.87 bits per heavy atom. The molecule has 7 nitrogen and oxygen atoms in total. The fourth-order valence-electron chi connectivity index (χ4n) is 3.58. The molecular weight excluding hydrogens is 507 g/mol. The molecule has 1 heterocycles. The average Bonchev–Trinajstić information content (AvgIpc) is 2.78. The van der Waals surface area contributed by atoms with Crippen molar-refractivity contribution in [2.75, 3.05) is 60.2 Å². The van der Waals surface area contributed by atoms with E-state index in [0.29, 0.717) is 25.2 Å². The Hall–Kier alpha value is -1.10. The Kier molecular flexibility index (Phi) is 14.9. The van der Waals surface area contributed by atoms with Gasteiger partial charge in [-0.1, -0.05) is 26.0 Å². The van der Waals surface area contributed by atoms with Gasteiger partial charge in [0.05, 0.1) is 26.9 Å². The fraction of sp³-hybridized carbons (Fsp3) is 0.696. The zero-order chi connectivity index (χ0) is 21.6. The third-order valence-electron chi connectivity index (χ3n) is 5.22. The van der Waals surface area contributed by atoms with Crippen molar-refractivity contribution in [1.82, 2.24) is 15.5 Å². The van der Waals surface area contributed by atoms with Crippen molar-refractivity contribution in [3.63, 3.8) is 0 Å². The smallest absolute Gasteiger partial charge is 0.191 e. The van der Waals surface area contributed by atoms with E-state index in [1.54, 1.807) is 7.11 Å². The van der Waals surface area contributed by atoms with E-state index in [1.165, 1.54) is 6.42 Å². The summed E-state index contributed by atoms with van der Waals surface area (Å²) < 4.78 is 16.5. The number of morpholine rings is 1. The summed E-state index contributed by atoms with van der Waals surface area (Å²) in [7, 11) is 3.50. The summed E-state index contributed by atoms with van der Waals surface area (Å²) in [5, 5.41) is 6.90. The maximum absolute atomic E-state index is 5.77. The molecule has 1 aromatic rings. The second-order valence-corrected chi connectivity index (χ2v) is 8.07. The van der Waals surface area contributed by atoms with E-state index in [2.05, 4.69) is 34.4 Å². The van der Waals surface area contributed by atoms with Gasteiger partial charge in [0, 0.05) is 45.9 Å². The number of methoxy groups -OCH3 is 1. The average molecular weight is 549 g/mol. The summed E-state index contributed by atoms with van der Waals surface area (Å²) in [6.07, 6.45) is 2.10. The van der Waals surface area contributed by atoms with Crippen LogP contribution < -0.4 is 15.4 Å². The number of ether oxygens (including phenoxy) is 3. The number of rotatable bonds is 12. The quantitative estimate of drug-likeness (QED) is 0.181. The van der Waals surface area contributed by atoms with Crippen molar-refractivity contribution in [3.05, 3.63) is 29.8 Å². The molecule has 0 radical (unpaired) electrons. The van der Waals surface area contributed by atoms with Gasteiger partial charge in [0.1, 0.15) is 5.75 Å². The van der Waals surface area contributed by atoms with E-state index in [4.69, 9.17) is 14.2 Å². The molecule has 1 atom stereocenters. The van der Waals surface area contributed by atoms with E-state index in [0.717, 1.165) is 63.1 Å². The summed E-state index contributed by atoms with van der Waals surface area (Å²) >= 11 is 0. The lowest BCUT2D eigenvalue weighted by Crippen LogP contribution is -2.51. The molecule has 1 aliphatic heterocycles. The normalized spacial score (nSPS) is 16.0. The van der Waals surface area contributed by atoms with Gasteiger partial charge in [-0.25, -0.2) is 0 Å². The lowest BCUT2D eigenvalue weighted by atomic mass is 10.0. The van der Waals surface area contributed by atoms with Gasteiger partial charge in [0.15, 0.2) is 5.96 Å². The van der Waals surface area contributed by atoms with Crippen LogP contribution in [0.1, 0.15) is 32.3 Å². The van der Waals surface area contributed by atoms with Gasteiger partial charge in [-0.3, -0.25) is 9.89 Å². The minimum absolute atomic E-state index is 0. The number of benzene rings is 1. The van der Waals surface area contributed by atoms with Gasteiger partial charge in [-0.2, -0.15) is 0 Å². The molecule has 1 unspecified atom stereocenters. The highest BCUT2D eigenvalue weighted by Gasteiger charge is 2.22. The molecule has 1 saturated heterocycles. The largest absolute Gasteiger partial charge is 0.497 e. The lowest BCUT2D eigenvalue weighted by Gasteiger charge is -2.35. The third-order valence-corrected chi connectivity index (χ3v) is 5.22. The second kappa shape index (κ2) is 16.5. The predicted octanol–water partition coefficient (Wildman–Crippen LogP) is 3.13. The minimum Gasteiger partial charge on any atom is -0.497 e. The molecule has 1 fully saturated rings. The van der Waals surface area contributed by atoms with Gasteiger partial charge in [0.2, 0.25) is 0 Å². The first-order valence-corrected chi connectivity index (χ1v) is 11.1. The number of hydrogen-bond acceptors (Lipinski definition) is 5. The first-order chi connectivity index (χ1) is 14.6. The van der Waals surface area contributed by atoms with Gasteiger partial charge in [-0.15, -0.1) is 24.0 Å². The SMILES string of the molecule is CN=C(NCCCOCc1ccc(OC)cc1)NCC(CC(C)C)N1CCOCC1.I. The minimum atomic E-state index is 0. The van der Waals surface area contributed by atoms with Crippen molar-refractivity contribution < 1.29 is 14.2 Å². The van der Waals surface area contributed by atoms with Crippen LogP contribution in [0.15, 0.2) is 29.3 Å². The Morgan fingerprint density at radius 1 is 1.16 bits per heavy atom. The van der Waals surface area contributed by atoms with Crippen LogP contribution in [0.2, 0.25) is 0 Å². The van der Waals surface area contributed by atoms with Crippen LogP contribution in [0.4, 0.5) is 0 Å². The van der Waals surface area contributed by atoms with Crippen LogP contribution in [-0.4, -0.2) is 77.1 Å². The van der Waals surface area contributed by atoms with Gasteiger partial charge in [-0.05, 0) is 36.5 Å². The summed E-state index contributed by atoms with van der Waals surface area (Å²) in [6, 6.07) is 8.48. The summed E-state index contributed by atoms with van der Waals surface area (Å²) in [6.45, 7) is 11.3. The van der Waals surface area contributed by atoms with Crippen LogP contribution in [0.25, 0.3) is 0 Å². The van der Waals surface area contributed by atoms with Crippen LogP contribution in [0.5, 0.6) is 5.75 Å². The molecule has 31 heavy (non-hydrogen) atoms. The second-order valence-electron chi connectivity index (χ2n) is 8.07. The third kappa shape index (κ3) is 11.4. The molecule has 0 bridgehead atoms. The molecular formula is C23H41IN4O3. The molecule has 0 saturated carbocycles. The molecule has 2 rings (SSSR count). The summed E-state index contributed by atoms with van der Waals surface area (Å²) in [5.41, 5.74) is 1.15. The number of nitrogens with one attached hydrogen (secondary N) is 2. The fourth-order valence-corrected chi connectivity index (χ4v) is 3.58.